The summed E-state index contributed by atoms with van der Waals surface area (Å²) in [6.45, 7) is 9.99. The van der Waals surface area contributed by atoms with E-state index in [4.69, 9.17) is 9.31 Å². The van der Waals surface area contributed by atoms with Crippen molar-refractivity contribution in [2.45, 2.75) is 45.8 Å². The van der Waals surface area contributed by atoms with Crippen LogP contribution >= 0.6 is 11.3 Å². The number of pyridine rings is 1. The smallest absolute Gasteiger partial charge is 0.492 e. The van der Waals surface area contributed by atoms with Gasteiger partial charge in [0, 0.05) is 6.20 Å². The van der Waals surface area contributed by atoms with Gasteiger partial charge in [0.05, 0.1) is 22.3 Å². The molecule has 0 atom stereocenters. The monoisotopic (exact) mass is 357 g/mol. The van der Waals surface area contributed by atoms with Crippen LogP contribution in [0.15, 0.2) is 24.5 Å². The van der Waals surface area contributed by atoms with Crippen LogP contribution in [0, 0.1) is 6.92 Å². The lowest BCUT2D eigenvalue weighted by Gasteiger charge is -2.32. The van der Waals surface area contributed by atoms with Crippen molar-refractivity contribution < 1.29 is 14.4 Å². The second kappa shape index (κ2) is 5.30. The van der Waals surface area contributed by atoms with Crippen LogP contribution in [-0.4, -0.2) is 37.8 Å². The van der Waals surface area contributed by atoms with Crippen LogP contribution in [-0.2, 0) is 9.31 Å². The molecule has 0 aromatic carbocycles. The summed E-state index contributed by atoms with van der Waals surface area (Å²) in [4.78, 5) is 9.44. The highest BCUT2D eigenvalue weighted by atomic mass is 32.1. The van der Waals surface area contributed by atoms with Crippen LogP contribution in [0.5, 0.6) is 5.88 Å². The number of aryl methyl sites for hydroxylation is 1. The minimum atomic E-state index is -0.434. The Labute approximate surface area is 150 Å². The average Bonchev–Trinajstić information content (AvgIpc) is 3.14. The maximum atomic E-state index is 9.78. The van der Waals surface area contributed by atoms with E-state index in [-0.39, 0.29) is 17.1 Å². The Morgan fingerprint density at radius 3 is 2.44 bits per heavy atom. The first-order chi connectivity index (χ1) is 11.7. The first-order valence-corrected chi connectivity index (χ1v) is 8.99. The molecule has 0 bridgehead atoms. The van der Waals surface area contributed by atoms with E-state index >= 15 is 0 Å². The zero-order valence-electron chi connectivity index (χ0n) is 14.9. The molecule has 4 rings (SSSR count). The van der Waals surface area contributed by atoms with Crippen molar-refractivity contribution in [2.24, 2.45) is 0 Å². The molecule has 1 N–H and O–H groups in total. The SMILES string of the molecule is Cc1sc(-c2cnc3ccc(B4OC(C)(C)C(C)(C)O4)cn23)nc1O. The van der Waals surface area contributed by atoms with Crippen molar-refractivity contribution in [3.63, 3.8) is 0 Å². The molecule has 8 heteroatoms. The molecule has 0 saturated carbocycles. The Morgan fingerprint density at radius 2 is 1.84 bits per heavy atom. The third-order valence-electron chi connectivity index (χ3n) is 5.05. The molecule has 0 spiro atoms. The summed E-state index contributed by atoms with van der Waals surface area (Å²) >= 11 is 1.44. The van der Waals surface area contributed by atoms with E-state index in [0.29, 0.717) is 0 Å². The molecule has 25 heavy (non-hydrogen) atoms. The number of rotatable bonds is 2. The maximum Gasteiger partial charge on any atom is 0.496 e. The molecule has 130 valence electrons. The first-order valence-electron chi connectivity index (χ1n) is 8.17. The van der Waals surface area contributed by atoms with E-state index in [1.54, 1.807) is 6.20 Å². The van der Waals surface area contributed by atoms with Crippen LogP contribution in [0.1, 0.15) is 32.6 Å². The molecule has 1 aliphatic heterocycles. The molecule has 3 aromatic heterocycles. The number of thiazole rings is 1. The van der Waals surface area contributed by atoms with Crippen LogP contribution in [0.25, 0.3) is 16.3 Å². The highest BCUT2D eigenvalue weighted by Crippen LogP contribution is 2.36. The van der Waals surface area contributed by atoms with Gasteiger partial charge in [0.25, 0.3) is 0 Å². The lowest BCUT2D eigenvalue weighted by atomic mass is 9.80. The molecule has 0 unspecified atom stereocenters. The predicted molar refractivity (Wildman–Crippen MR) is 98.4 cm³/mol. The van der Waals surface area contributed by atoms with Crippen molar-refractivity contribution in [1.29, 1.82) is 0 Å². The zero-order valence-corrected chi connectivity index (χ0v) is 15.7. The van der Waals surface area contributed by atoms with Gasteiger partial charge in [0.1, 0.15) is 16.3 Å². The van der Waals surface area contributed by atoms with Gasteiger partial charge in [0.15, 0.2) is 0 Å². The second-order valence-electron chi connectivity index (χ2n) is 7.32. The molecule has 1 aliphatic rings. The molecule has 3 aromatic rings. The van der Waals surface area contributed by atoms with E-state index in [1.165, 1.54) is 11.3 Å². The van der Waals surface area contributed by atoms with Crippen molar-refractivity contribution in [1.82, 2.24) is 14.4 Å². The van der Waals surface area contributed by atoms with Gasteiger partial charge in [-0.2, -0.15) is 4.98 Å². The van der Waals surface area contributed by atoms with E-state index in [0.717, 1.165) is 26.7 Å². The van der Waals surface area contributed by atoms with Crippen molar-refractivity contribution >= 4 is 29.6 Å². The number of hydrogen-bond donors (Lipinski definition) is 1. The standard InChI is InChI=1S/C17H20BN3O3S/c1-10-14(22)20-15(25-10)12-8-19-13-7-6-11(9-21(12)13)18-23-16(2,3)17(4,5)24-18/h6-9,22H,1-5H3. The lowest BCUT2D eigenvalue weighted by molar-refractivity contribution is 0.00578. The summed E-state index contributed by atoms with van der Waals surface area (Å²) in [7, 11) is -0.434. The summed E-state index contributed by atoms with van der Waals surface area (Å²) in [5, 5.41) is 10.5. The van der Waals surface area contributed by atoms with Crippen LogP contribution in [0.3, 0.4) is 0 Å². The molecular weight excluding hydrogens is 337 g/mol. The van der Waals surface area contributed by atoms with Crippen molar-refractivity contribution in [2.75, 3.05) is 0 Å². The van der Waals surface area contributed by atoms with E-state index in [9.17, 15) is 5.11 Å². The third kappa shape index (κ3) is 2.56. The highest BCUT2D eigenvalue weighted by molar-refractivity contribution is 7.15. The molecular formula is C17H20BN3O3S. The van der Waals surface area contributed by atoms with E-state index in [2.05, 4.69) is 9.97 Å². The zero-order chi connectivity index (χ0) is 18.0. The molecule has 0 amide bonds. The molecule has 4 heterocycles. The van der Waals surface area contributed by atoms with Crippen molar-refractivity contribution in [3.05, 3.63) is 29.4 Å². The Hall–Kier alpha value is -1.90. The Bertz CT molecular complexity index is 928. The Balaban J connectivity index is 1.77. The van der Waals surface area contributed by atoms with Gasteiger partial charge >= 0.3 is 7.12 Å². The van der Waals surface area contributed by atoms with Gasteiger partial charge in [-0.15, -0.1) is 11.3 Å². The normalized spacial score (nSPS) is 19.0. The minimum absolute atomic E-state index is 0.0667. The number of nitrogens with zero attached hydrogens (tertiary/aromatic N) is 3. The third-order valence-corrected chi connectivity index (χ3v) is 6.03. The average molecular weight is 357 g/mol. The first kappa shape index (κ1) is 16.6. The van der Waals surface area contributed by atoms with Crippen LogP contribution in [0.4, 0.5) is 0 Å². The topological polar surface area (TPSA) is 68.9 Å². The summed E-state index contributed by atoms with van der Waals surface area (Å²) in [5.74, 6) is 0.0667. The largest absolute Gasteiger partial charge is 0.496 e. The van der Waals surface area contributed by atoms with Gasteiger partial charge in [-0.25, -0.2) is 4.98 Å². The van der Waals surface area contributed by atoms with Crippen LogP contribution < -0.4 is 5.46 Å². The fourth-order valence-electron chi connectivity index (χ4n) is 2.77. The van der Waals surface area contributed by atoms with Gasteiger partial charge in [-0.05, 0) is 46.1 Å². The molecule has 0 radical (unpaired) electrons. The fraction of sp³-hybridized carbons (Fsp3) is 0.412. The molecule has 6 nitrogen and oxygen atoms in total. The van der Waals surface area contributed by atoms with E-state index < -0.39 is 7.12 Å². The number of aromatic nitrogens is 3. The summed E-state index contributed by atoms with van der Waals surface area (Å²) in [6.07, 6.45) is 3.73. The number of hydrogen-bond acceptors (Lipinski definition) is 6. The van der Waals surface area contributed by atoms with Crippen LogP contribution in [0.2, 0.25) is 0 Å². The quantitative estimate of drug-likeness (QED) is 0.715. The minimum Gasteiger partial charge on any atom is -0.492 e. The summed E-state index contributed by atoms with van der Waals surface area (Å²) in [5.41, 5.74) is 1.79. The molecule has 1 saturated heterocycles. The summed E-state index contributed by atoms with van der Waals surface area (Å²) < 4.78 is 14.2. The van der Waals surface area contributed by atoms with Gasteiger partial charge in [-0.3, -0.25) is 4.40 Å². The second-order valence-corrected chi connectivity index (χ2v) is 8.52. The maximum absolute atomic E-state index is 9.78. The number of fused-ring (bicyclic) bond motifs is 1. The molecule has 0 aliphatic carbocycles. The Kier molecular flexibility index (Phi) is 3.51. The Morgan fingerprint density at radius 1 is 1.16 bits per heavy atom. The lowest BCUT2D eigenvalue weighted by Crippen LogP contribution is -2.41. The van der Waals surface area contributed by atoms with E-state index in [1.807, 2.05) is 57.3 Å². The van der Waals surface area contributed by atoms with Gasteiger partial charge in [0.2, 0.25) is 5.88 Å². The predicted octanol–water partition coefficient (Wildman–Crippen LogP) is 2.77. The molecule has 1 fully saturated rings. The van der Waals surface area contributed by atoms with Gasteiger partial charge in [-0.1, -0.05) is 6.07 Å². The highest BCUT2D eigenvalue weighted by Gasteiger charge is 2.51. The van der Waals surface area contributed by atoms with Crippen molar-refractivity contribution in [3.8, 4) is 16.6 Å². The number of imidazole rings is 1. The fourth-order valence-corrected chi connectivity index (χ4v) is 3.59. The number of aromatic hydroxyl groups is 1. The summed E-state index contributed by atoms with van der Waals surface area (Å²) in [6, 6.07) is 3.91. The van der Waals surface area contributed by atoms with Gasteiger partial charge < -0.3 is 14.4 Å².